The van der Waals surface area contributed by atoms with Gasteiger partial charge in [-0.15, -0.1) is 0 Å². The number of hydrogen-bond acceptors (Lipinski definition) is 3. The second-order valence-electron chi connectivity index (χ2n) is 7.18. The molecule has 5 heteroatoms. The first-order valence-corrected chi connectivity index (χ1v) is 10.6. The number of rotatable bonds is 4. The first-order valence-electron chi connectivity index (χ1n) is 9.07. The van der Waals surface area contributed by atoms with Crippen molar-refractivity contribution < 1.29 is 13.2 Å². The van der Waals surface area contributed by atoms with Gasteiger partial charge in [0.2, 0.25) is 0 Å². The summed E-state index contributed by atoms with van der Waals surface area (Å²) >= 11 is 0. The van der Waals surface area contributed by atoms with Crippen molar-refractivity contribution in [3.05, 3.63) is 71.3 Å². The van der Waals surface area contributed by atoms with Crippen molar-refractivity contribution in [2.24, 2.45) is 0 Å². The fourth-order valence-corrected chi connectivity index (χ4v) is 4.68. The second kappa shape index (κ2) is 6.50. The maximum absolute atomic E-state index is 12.7. The molecule has 0 heterocycles. The minimum Gasteiger partial charge on any atom is -0.321 e. The van der Waals surface area contributed by atoms with Crippen molar-refractivity contribution in [3.63, 3.8) is 0 Å². The molecule has 1 N–H and O–H groups in total. The van der Waals surface area contributed by atoms with Crippen molar-refractivity contribution in [2.75, 3.05) is 5.32 Å². The molecule has 138 valence electrons. The van der Waals surface area contributed by atoms with Crippen LogP contribution < -0.4 is 5.32 Å². The van der Waals surface area contributed by atoms with E-state index in [4.69, 9.17) is 0 Å². The van der Waals surface area contributed by atoms with E-state index in [1.165, 1.54) is 28.6 Å². The first-order chi connectivity index (χ1) is 12.9. The van der Waals surface area contributed by atoms with Gasteiger partial charge in [0, 0.05) is 16.6 Å². The summed E-state index contributed by atoms with van der Waals surface area (Å²) in [6.45, 7) is 3.29. The smallest absolute Gasteiger partial charge is 0.255 e. The highest BCUT2D eigenvalue weighted by atomic mass is 32.2. The Kier molecular flexibility index (Phi) is 4.27. The van der Waals surface area contributed by atoms with Crippen molar-refractivity contribution >= 4 is 32.2 Å². The van der Waals surface area contributed by atoms with Gasteiger partial charge < -0.3 is 5.32 Å². The maximum Gasteiger partial charge on any atom is 0.255 e. The number of carbonyl (C=O) groups excluding carboxylic acids is 1. The highest BCUT2D eigenvalue weighted by Crippen LogP contribution is 2.35. The van der Waals surface area contributed by atoms with E-state index in [1.54, 1.807) is 26.0 Å². The fraction of sp³-hybridized carbons (Fsp3) is 0.227. The molecule has 0 bridgehead atoms. The molecule has 0 saturated carbocycles. The molecule has 0 radical (unpaired) electrons. The number of hydrogen-bond donors (Lipinski definition) is 1. The molecule has 3 aromatic carbocycles. The highest BCUT2D eigenvalue weighted by Gasteiger charge is 2.20. The third-order valence-corrected chi connectivity index (χ3v) is 7.36. The Labute approximate surface area is 159 Å². The third-order valence-electron chi connectivity index (χ3n) is 5.19. The first kappa shape index (κ1) is 17.7. The Hall–Kier alpha value is -2.66. The Morgan fingerprint density at radius 1 is 0.926 bits per heavy atom. The van der Waals surface area contributed by atoms with Crippen LogP contribution in [0.5, 0.6) is 0 Å². The number of nitrogens with one attached hydrogen (secondary N) is 1. The number of benzene rings is 3. The standard InChI is InChI=1S/C22H21NO3S/c1-14(2)27(25,26)18-11-8-17(9-12-18)22(24)23-20-13-10-16-7-6-15-4-3-5-19(20)21(15)16/h3-5,8-14H,6-7H2,1-2H3,(H,23,24). The lowest BCUT2D eigenvalue weighted by atomic mass is 10.0. The van der Waals surface area contributed by atoms with Crippen molar-refractivity contribution in [1.82, 2.24) is 0 Å². The summed E-state index contributed by atoms with van der Waals surface area (Å²) in [5.41, 5.74) is 3.85. The minimum absolute atomic E-state index is 0.236. The van der Waals surface area contributed by atoms with Gasteiger partial charge in [0.1, 0.15) is 0 Å². The minimum atomic E-state index is -3.34. The molecule has 1 aliphatic rings. The molecule has 1 amide bonds. The van der Waals surface area contributed by atoms with Crippen molar-refractivity contribution in [3.8, 4) is 0 Å². The quantitative estimate of drug-likeness (QED) is 0.732. The normalized spacial score (nSPS) is 13.3. The zero-order valence-corrected chi connectivity index (χ0v) is 16.1. The number of anilines is 1. The molecule has 27 heavy (non-hydrogen) atoms. The maximum atomic E-state index is 12.7. The largest absolute Gasteiger partial charge is 0.321 e. The van der Waals surface area contributed by atoms with E-state index >= 15 is 0 Å². The summed E-state index contributed by atoms with van der Waals surface area (Å²) in [4.78, 5) is 12.9. The Morgan fingerprint density at radius 3 is 2.26 bits per heavy atom. The van der Waals surface area contributed by atoms with Crippen LogP contribution in [0.3, 0.4) is 0 Å². The summed E-state index contributed by atoms with van der Waals surface area (Å²) in [7, 11) is -3.34. The molecule has 3 aromatic rings. The molecule has 4 rings (SSSR count). The van der Waals surface area contributed by atoms with Crippen LogP contribution in [0, 0.1) is 0 Å². The van der Waals surface area contributed by atoms with E-state index in [9.17, 15) is 13.2 Å². The van der Waals surface area contributed by atoms with Crippen LogP contribution in [0.15, 0.2) is 59.5 Å². The lowest BCUT2D eigenvalue weighted by molar-refractivity contribution is 0.102. The van der Waals surface area contributed by atoms with Gasteiger partial charge in [0.25, 0.3) is 5.91 Å². The highest BCUT2D eigenvalue weighted by molar-refractivity contribution is 7.92. The third kappa shape index (κ3) is 3.02. The van der Waals surface area contributed by atoms with Crippen LogP contribution in [0.4, 0.5) is 5.69 Å². The predicted molar refractivity (Wildman–Crippen MR) is 108 cm³/mol. The molecule has 0 spiro atoms. The molecule has 0 atom stereocenters. The molecular formula is C22H21NO3S. The number of amides is 1. The van der Waals surface area contributed by atoms with E-state index in [-0.39, 0.29) is 10.8 Å². The van der Waals surface area contributed by atoms with Crippen molar-refractivity contribution in [2.45, 2.75) is 36.8 Å². The van der Waals surface area contributed by atoms with Crippen LogP contribution in [0.25, 0.3) is 10.8 Å². The van der Waals surface area contributed by atoms with Gasteiger partial charge in [0.05, 0.1) is 10.1 Å². The Balaban J connectivity index is 1.63. The summed E-state index contributed by atoms with van der Waals surface area (Å²) in [6, 6.07) is 16.3. The van der Waals surface area contributed by atoms with Crippen LogP contribution in [0.1, 0.15) is 35.3 Å². The van der Waals surface area contributed by atoms with Gasteiger partial charge in [-0.05, 0) is 73.5 Å². The van der Waals surface area contributed by atoms with Crippen LogP contribution in [-0.2, 0) is 22.7 Å². The molecule has 0 fully saturated rings. The Bertz CT molecular complexity index is 1140. The van der Waals surface area contributed by atoms with Crippen LogP contribution >= 0.6 is 0 Å². The number of carbonyl (C=O) groups is 1. The number of sulfone groups is 1. The van der Waals surface area contributed by atoms with Crippen molar-refractivity contribution in [1.29, 1.82) is 0 Å². The lowest BCUT2D eigenvalue weighted by Crippen LogP contribution is -2.15. The van der Waals surface area contributed by atoms with Gasteiger partial charge in [-0.2, -0.15) is 0 Å². The zero-order chi connectivity index (χ0) is 19.2. The molecule has 0 aliphatic heterocycles. The molecule has 0 saturated heterocycles. The van der Waals surface area contributed by atoms with Gasteiger partial charge in [0.15, 0.2) is 9.84 Å². The zero-order valence-electron chi connectivity index (χ0n) is 15.3. The van der Waals surface area contributed by atoms with E-state index in [0.717, 1.165) is 23.9 Å². The van der Waals surface area contributed by atoms with E-state index < -0.39 is 15.1 Å². The second-order valence-corrected chi connectivity index (χ2v) is 9.69. The molecule has 4 nitrogen and oxygen atoms in total. The van der Waals surface area contributed by atoms with Gasteiger partial charge in [-0.25, -0.2) is 8.42 Å². The summed E-state index contributed by atoms with van der Waals surface area (Å²) < 4.78 is 24.4. The fourth-order valence-electron chi connectivity index (χ4n) is 3.62. The summed E-state index contributed by atoms with van der Waals surface area (Å²) in [6.07, 6.45) is 2.08. The van der Waals surface area contributed by atoms with Crippen LogP contribution in [0.2, 0.25) is 0 Å². The Morgan fingerprint density at radius 2 is 1.59 bits per heavy atom. The van der Waals surface area contributed by atoms with E-state index in [0.29, 0.717) is 5.56 Å². The van der Waals surface area contributed by atoms with E-state index in [1.807, 2.05) is 18.2 Å². The van der Waals surface area contributed by atoms with Gasteiger partial charge in [-0.3, -0.25) is 4.79 Å². The SMILES string of the molecule is CC(C)S(=O)(=O)c1ccc(C(=O)Nc2ccc3c4c(cccc24)CC3)cc1. The number of aryl methyl sites for hydroxylation is 2. The van der Waals surface area contributed by atoms with E-state index in [2.05, 4.69) is 17.4 Å². The molecule has 0 aromatic heterocycles. The summed E-state index contributed by atoms with van der Waals surface area (Å²) in [5, 5.41) is 4.78. The van der Waals surface area contributed by atoms with Crippen LogP contribution in [-0.4, -0.2) is 19.6 Å². The lowest BCUT2D eigenvalue weighted by Gasteiger charge is -2.11. The average molecular weight is 379 g/mol. The van der Waals surface area contributed by atoms with Gasteiger partial charge in [-0.1, -0.05) is 24.3 Å². The topological polar surface area (TPSA) is 63.2 Å². The molecule has 0 unspecified atom stereocenters. The predicted octanol–water partition coefficient (Wildman–Crippen LogP) is 4.37. The summed E-state index contributed by atoms with van der Waals surface area (Å²) in [5.74, 6) is -0.248. The molecular weight excluding hydrogens is 358 g/mol. The average Bonchev–Trinajstić information content (AvgIpc) is 3.08. The monoisotopic (exact) mass is 379 g/mol. The van der Waals surface area contributed by atoms with Gasteiger partial charge >= 0.3 is 0 Å². The molecule has 1 aliphatic carbocycles.